The molecule has 0 spiro atoms. The van der Waals surface area contributed by atoms with Crippen LogP contribution in [0.2, 0.25) is 0 Å². The summed E-state index contributed by atoms with van der Waals surface area (Å²) in [4.78, 5) is 4.63. The molecule has 2 saturated heterocycles. The molecule has 0 bridgehead atoms. The van der Waals surface area contributed by atoms with E-state index < -0.39 is 0 Å². The second-order valence-electron chi connectivity index (χ2n) is 5.23. The standard InChI is InChI=1S/C13H21N3O2/c1-2-11-10(5-8-17-11)13-15-12(16-18-13)9-3-6-14-7-4-9/h9-11,14H,2-8H2,1H3. The highest BCUT2D eigenvalue weighted by molar-refractivity contribution is 5.03. The van der Waals surface area contributed by atoms with Gasteiger partial charge < -0.3 is 14.6 Å². The minimum Gasteiger partial charge on any atom is -0.377 e. The molecule has 2 atom stereocenters. The van der Waals surface area contributed by atoms with Crippen LogP contribution in [0.1, 0.15) is 56.2 Å². The van der Waals surface area contributed by atoms with Crippen molar-refractivity contribution in [1.82, 2.24) is 15.5 Å². The first-order chi connectivity index (χ1) is 8.88. The van der Waals surface area contributed by atoms with Crippen LogP contribution >= 0.6 is 0 Å². The van der Waals surface area contributed by atoms with Crippen LogP contribution in [0.4, 0.5) is 0 Å². The van der Waals surface area contributed by atoms with Crippen molar-refractivity contribution in [2.45, 2.75) is 50.5 Å². The van der Waals surface area contributed by atoms with Gasteiger partial charge >= 0.3 is 0 Å². The minimum atomic E-state index is 0.256. The normalized spacial score (nSPS) is 29.8. The molecular weight excluding hydrogens is 230 g/mol. The summed E-state index contributed by atoms with van der Waals surface area (Å²) in [7, 11) is 0. The van der Waals surface area contributed by atoms with Gasteiger partial charge in [-0.1, -0.05) is 12.1 Å². The SMILES string of the molecule is CCC1OCCC1c1nc(C2CCNCC2)no1. The topological polar surface area (TPSA) is 60.2 Å². The van der Waals surface area contributed by atoms with Gasteiger partial charge in [-0.2, -0.15) is 4.98 Å². The van der Waals surface area contributed by atoms with Crippen LogP contribution in [0.15, 0.2) is 4.52 Å². The fourth-order valence-electron chi connectivity index (χ4n) is 2.98. The second kappa shape index (κ2) is 5.36. The van der Waals surface area contributed by atoms with Crippen molar-refractivity contribution in [2.75, 3.05) is 19.7 Å². The highest BCUT2D eigenvalue weighted by atomic mass is 16.5. The summed E-state index contributed by atoms with van der Waals surface area (Å²) in [6.45, 7) is 5.07. The van der Waals surface area contributed by atoms with Crippen molar-refractivity contribution < 1.29 is 9.26 Å². The average molecular weight is 251 g/mol. The van der Waals surface area contributed by atoms with Crippen LogP contribution in [0.25, 0.3) is 0 Å². The molecule has 2 unspecified atom stereocenters. The lowest BCUT2D eigenvalue weighted by Gasteiger charge is -2.19. The summed E-state index contributed by atoms with van der Waals surface area (Å²) in [6.07, 6.45) is 4.49. The van der Waals surface area contributed by atoms with E-state index in [0.29, 0.717) is 11.8 Å². The average Bonchev–Trinajstić information content (AvgIpc) is 3.08. The summed E-state index contributed by atoms with van der Waals surface area (Å²) in [5.41, 5.74) is 0. The minimum absolute atomic E-state index is 0.256. The number of ether oxygens (including phenoxy) is 1. The lowest BCUT2D eigenvalue weighted by Crippen LogP contribution is -2.27. The van der Waals surface area contributed by atoms with Crippen LogP contribution < -0.4 is 5.32 Å². The maximum Gasteiger partial charge on any atom is 0.232 e. The fraction of sp³-hybridized carbons (Fsp3) is 0.846. The molecule has 2 fully saturated rings. The molecule has 3 heterocycles. The fourth-order valence-corrected chi connectivity index (χ4v) is 2.98. The zero-order valence-corrected chi connectivity index (χ0v) is 10.9. The maximum absolute atomic E-state index is 5.69. The summed E-state index contributed by atoms with van der Waals surface area (Å²) >= 11 is 0. The Labute approximate surface area is 107 Å². The van der Waals surface area contributed by atoms with Crippen LogP contribution in [-0.2, 0) is 4.74 Å². The molecule has 2 aliphatic heterocycles. The van der Waals surface area contributed by atoms with E-state index in [1.807, 2.05) is 0 Å². The molecule has 18 heavy (non-hydrogen) atoms. The molecule has 0 radical (unpaired) electrons. The van der Waals surface area contributed by atoms with E-state index in [1.54, 1.807) is 0 Å². The summed E-state index contributed by atoms with van der Waals surface area (Å²) < 4.78 is 11.2. The Morgan fingerprint density at radius 1 is 1.28 bits per heavy atom. The van der Waals surface area contributed by atoms with Crippen molar-refractivity contribution in [3.8, 4) is 0 Å². The Bertz CT molecular complexity index is 387. The number of piperidine rings is 1. The van der Waals surface area contributed by atoms with Crippen molar-refractivity contribution in [1.29, 1.82) is 0 Å². The number of nitrogens with zero attached hydrogens (tertiary/aromatic N) is 2. The van der Waals surface area contributed by atoms with Gasteiger partial charge in [0.05, 0.1) is 12.0 Å². The summed E-state index contributed by atoms with van der Waals surface area (Å²) in [5, 5.41) is 7.54. The van der Waals surface area contributed by atoms with Gasteiger partial charge in [-0.15, -0.1) is 0 Å². The van der Waals surface area contributed by atoms with Crippen LogP contribution in [0.5, 0.6) is 0 Å². The molecule has 1 aromatic heterocycles. The third kappa shape index (κ3) is 2.29. The summed E-state index contributed by atoms with van der Waals surface area (Å²) in [6, 6.07) is 0. The van der Waals surface area contributed by atoms with Gasteiger partial charge in [0, 0.05) is 12.5 Å². The first-order valence-corrected chi connectivity index (χ1v) is 7.04. The molecule has 1 N–H and O–H groups in total. The molecular formula is C13H21N3O2. The van der Waals surface area contributed by atoms with Crippen molar-refractivity contribution >= 4 is 0 Å². The molecule has 3 rings (SSSR count). The zero-order chi connectivity index (χ0) is 12.4. The van der Waals surface area contributed by atoms with Crippen LogP contribution in [0, 0.1) is 0 Å². The van der Waals surface area contributed by atoms with E-state index in [0.717, 1.165) is 57.1 Å². The van der Waals surface area contributed by atoms with Crippen LogP contribution in [-0.4, -0.2) is 35.9 Å². The van der Waals surface area contributed by atoms with Gasteiger partial charge in [-0.05, 0) is 38.8 Å². The van der Waals surface area contributed by atoms with Gasteiger partial charge in [-0.3, -0.25) is 0 Å². The zero-order valence-electron chi connectivity index (χ0n) is 10.9. The Hall–Kier alpha value is -0.940. The molecule has 5 nitrogen and oxygen atoms in total. The molecule has 0 aliphatic carbocycles. The van der Waals surface area contributed by atoms with E-state index >= 15 is 0 Å². The van der Waals surface area contributed by atoms with E-state index in [4.69, 9.17) is 9.26 Å². The van der Waals surface area contributed by atoms with Crippen molar-refractivity contribution in [3.63, 3.8) is 0 Å². The number of aromatic nitrogens is 2. The highest BCUT2D eigenvalue weighted by Gasteiger charge is 2.33. The molecule has 5 heteroatoms. The number of hydrogen-bond acceptors (Lipinski definition) is 5. The first kappa shape index (κ1) is 12.1. The lowest BCUT2D eigenvalue weighted by atomic mass is 9.97. The Kier molecular flexibility index (Phi) is 3.61. The monoisotopic (exact) mass is 251 g/mol. The Balaban J connectivity index is 1.72. The van der Waals surface area contributed by atoms with E-state index in [9.17, 15) is 0 Å². The van der Waals surface area contributed by atoms with E-state index in [-0.39, 0.29) is 6.10 Å². The Morgan fingerprint density at radius 3 is 2.89 bits per heavy atom. The van der Waals surface area contributed by atoms with Gasteiger partial charge in [0.2, 0.25) is 5.89 Å². The number of hydrogen-bond donors (Lipinski definition) is 1. The van der Waals surface area contributed by atoms with Crippen molar-refractivity contribution in [2.24, 2.45) is 0 Å². The van der Waals surface area contributed by atoms with Crippen molar-refractivity contribution in [3.05, 3.63) is 11.7 Å². The second-order valence-corrected chi connectivity index (χ2v) is 5.23. The largest absolute Gasteiger partial charge is 0.377 e. The lowest BCUT2D eigenvalue weighted by molar-refractivity contribution is 0.0953. The quantitative estimate of drug-likeness (QED) is 0.888. The summed E-state index contributed by atoms with van der Waals surface area (Å²) in [5.74, 6) is 2.45. The molecule has 2 aliphatic rings. The molecule has 0 aromatic carbocycles. The molecule has 0 saturated carbocycles. The third-order valence-electron chi connectivity index (χ3n) is 4.09. The molecule has 100 valence electrons. The molecule has 1 aromatic rings. The highest BCUT2D eigenvalue weighted by Crippen LogP contribution is 2.33. The van der Waals surface area contributed by atoms with Gasteiger partial charge in [0.1, 0.15) is 0 Å². The molecule has 0 amide bonds. The first-order valence-electron chi connectivity index (χ1n) is 7.04. The van der Waals surface area contributed by atoms with Gasteiger partial charge in [0.25, 0.3) is 0 Å². The number of nitrogens with one attached hydrogen (secondary N) is 1. The smallest absolute Gasteiger partial charge is 0.232 e. The van der Waals surface area contributed by atoms with E-state index in [2.05, 4.69) is 22.4 Å². The van der Waals surface area contributed by atoms with Crippen LogP contribution in [0.3, 0.4) is 0 Å². The van der Waals surface area contributed by atoms with Gasteiger partial charge in [-0.25, -0.2) is 0 Å². The Morgan fingerprint density at radius 2 is 2.11 bits per heavy atom. The third-order valence-corrected chi connectivity index (χ3v) is 4.09. The predicted molar refractivity (Wildman–Crippen MR) is 66.5 cm³/mol. The van der Waals surface area contributed by atoms with Gasteiger partial charge in [0.15, 0.2) is 5.82 Å². The predicted octanol–water partition coefficient (Wildman–Crippen LogP) is 1.82. The van der Waals surface area contributed by atoms with E-state index in [1.165, 1.54) is 0 Å². The number of rotatable bonds is 3. The maximum atomic E-state index is 5.69.